The lowest BCUT2D eigenvalue weighted by atomic mass is 10.1. The van der Waals surface area contributed by atoms with E-state index in [9.17, 15) is 9.18 Å². The summed E-state index contributed by atoms with van der Waals surface area (Å²) >= 11 is 5.94. The predicted molar refractivity (Wildman–Crippen MR) is 126 cm³/mol. The topological polar surface area (TPSA) is 55.6 Å². The number of hydrazone groups is 1. The summed E-state index contributed by atoms with van der Waals surface area (Å²) in [5.41, 5.74) is 6.33. The van der Waals surface area contributed by atoms with Gasteiger partial charge in [-0.1, -0.05) is 35.9 Å². The van der Waals surface area contributed by atoms with Gasteiger partial charge in [0.2, 0.25) is 0 Å². The molecule has 0 bridgehead atoms. The molecule has 0 aliphatic carbocycles. The van der Waals surface area contributed by atoms with Gasteiger partial charge in [-0.3, -0.25) is 4.79 Å². The number of nitrogens with zero attached hydrogens (tertiary/aromatic N) is 2. The van der Waals surface area contributed by atoms with Gasteiger partial charge < -0.3 is 9.30 Å². The first-order valence-electron chi connectivity index (χ1n) is 9.93. The lowest BCUT2D eigenvalue weighted by Gasteiger charge is -2.10. The van der Waals surface area contributed by atoms with Crippen molar-refractivity contribution in [3.63, 3.8) is 0 Å². The van der Waals surface area contributed by atoms with Gasteiger partial charge in [0.1, 0.15) is 11.6 Å². The summed E-state index contributed by atoms with van der Waals surface area (Å²) in [7, 11) is 1.53. The zero-order chi connectivity index (χ0) is 22.8. The molecule has 4 rings (SSSR count). The van der Waals surface area contributed by atoms with Crippen LogP contribution in [0.2, 0.25) is 5.02 Å². The number of fused-ring (bicyclic) bond motifs is 1. The monoisotopic (exact) mass is 449 g/mol. The number of aromatic nitrogens is 1. The Kier molecular flexibility index (Phi) is 5.97. The average Bonchev–Trinajstić information content (AvgIpc) is 3.07. The van der Waals surface area contributed by atoms with Crippen molar-refractivity contribution in [1.29, 1.82) is 0 Å². The average molecular weight is 450 g/mol. The van der Waals surface area contributed by atoms with Gasteiger partial charge >= 0.3 is 0 Å². The highest BCUT2D eigenvalue weighted by molar-refractivity contribution is 6.30. The number of hydrogen-bond donors (Lipinski definition) is 1. The van der Waals surface area contributed by atoms with Crippen LogP contribution >= 0.6 is 11.6 Å². The zero-order valence-electron chi connectivity index (χ0n) is 17.8. The summed E-state index contributed by atoms with van der Waals surface area (Å²) in [6.45, 7) is 3.85. The molecule has 0 aliphatic rings. The molecule has 4 aromatic rings. The summed E-state index contributed by atoms with van der Waals surface area (Å²) in [6, 6.07) is 17.9. The standard InChI is InChI=1S/C25H21ClFN3O2/c1-15-10-19(16(2)30(15)20-8-9-23(27)22(26)13-20)14-28-29-25(31)21-11-17-6-4-5-7-18(17)12-24(21)32-3/h4-14H,1-3H3,(H,29,31)/b28-14-. The van der Waals surface area contributed by atoms with Crippen molar-refractivity contribution in [2.75, 3.05) is 7.11 Å². The molecule has 1 N–H and O–H groups in total. The predicted octanol–water partition coefficient (Wildman–Crippen LogP) is 5.81. The molecule has 0 saturated carbocycles. The van der Waals surface area contributed by atoms with Crippen LogP contribution in [0.1, 0.15) is 27.3 Å². The minimum atomic E-state index is -0.466. The number of hydrogen-bond acceptors (Lipinski definition) is 3. The van der Waals surface area contributed by atoms with Crippen LogP contribution in [0, 0.1) is 19.7 Å². The molecule has 0 saturated heterocycles. The quantitative estimate of drug-likeness (QED) is 0.308. The van der Waals surface area contributed by atoms with E-state index < -0.39 is 5.82 Å². The molecule has 3 aromatic carbocycles. The van der Waals surface area contributed by atoms with Crippen LogP contribution in [0.3, 0.4) is 0 Å². The van der Waals surface area contributed by atoms with Gasteiger partial charge in [0.05, 0.1) is 23.9 Å². The number of methoxy groups -OCH3 is 1. The van der Waals surface area contributed by atoms with Crippen LogP contribution < -0.4 is 10.2 Å². The zero-order valence-corrected chi connectivity index (χ0v) is 18.6. The second kappa shape index (κ2) is 8.85. The Labute approximate surface area is 190 Å². The smallest absolute Gasteiger partial charge is 0.275 e. The summed E-state index contributed by atoms with van der Waals surface area (Å²) in [5.74, 6) is -0.364. The minimum absolute atomic E-state index is 0.0572. The second-order valence-corrected chi connectivity index (χ2v) is 7.77. The number of ether oxygens (including phenoxy) is 1. The molecular formula is C25H21ClFN3O2. The first-order chi connectivity index (χ1) is 15.4. The van der Waals surface area contributed by atoms with Crippen LogP contribution in [0.4, 0.5) is 4.39 Å². The molecule has 1 amide bonds. The summed E-state index contributed by atoms with van der Waals surface area (Å²) in [4.78, 5) is 12.7. The summed E-state index contributed by atoms with van der Waals surface area (Å²) in [5, 5.41) is 6.11. The second-order valence-electron chi connectivity index (χ2n) is 7.36. The van der Waals surface area contributed by atoms with E-state index in [-0.39, 0.29) is 10.9 Å². The van der Waals surface area contributed by atoms with Crippen molar-refractivity contribution < 1.29 is 13.9 Å². The van der Waals surface area contributed by atoms with E-state index in [1.54, 1.807) is 24.4 Å². The molecule has 1 heterocycles. The molecular weight excluding hydrogens is 429 g/mol. The van der Waals surface area contributed by atoms with E-state index in [1.807, 2.05) is 54.8 Å². The van der Waals surface area contributed by atoms with Crippen molar-refractivity contribution in [1.82, 2.24) is 9.99 Å². The van der Waals surface area contributed by atoms with Gasteiger partial charge in [-0.05, 0) is 61.0 Å². The summed E-state index contributed by atoms with van der Waals surface area (Å²) in [6.07, 6.45) is 1.58. The molecule has 5 nitrogen and oxygen atoms in total. The minimum Gasteiger partial charge on any atom is -0.496 e. The highest BCUT2D eigenvalue weighted by Crippen LogP contribution is 2.26. The summed E-state index contributed by atoms with van der Waals surface area (Å²) < 4.78 is 20.9. The number of rotatable bonds is 5. The van der Waals surface area contributed by atoms with Crippen LogP contribution in [0.15, 0.2) is 65.8 Å². The number of benzene rings is 3. The fraction of sp³-hybridized carbons (Fsp3) is 0.120. The van der Waals surface area contributed by atoms with E-state index in [1.165, 1.54) is 13.2 Å². The van der Waals surface area contributed by atoms with Crippen LogP contribution in [-0.4, -0.2) is 23.8 Å². The Hall–Kier alpha value is -3.64. The molecule has 32 heavy (non-hydrogen) atoms. The molecule has 7 heteroatoms. The van der Waals surface area contributed by atoms with Crippen molar-refractivity contribution in [2.45, 2.75) is 13.8 Å². The number of carbonyl (C=O) groups is 1. The van der Waals surface area contributed by atoms with Crippen molar-refractivity contribution in [2.24, 2.45) is 5.10 Å². The third-order valence-corrected chi connectivity index (χ3v) is 5.60. The third-order valence-electron chi connectivity index (χ3n) is 5.31. The van der Waals surface area contributed by atoms with Gasteiger partial charge in [-0.15, -0.1) is 0 Å². The molecule has 0 radical (unpaired) electrons. The van der Waals surface area contributed by atoms with E-state index in [2.05, 4.69) is 10.5 Å². The van der Waals surface area contributed by atoms with Crippen LogP contribution in [0.5, 0.6) is 5.75 Å². The van der Waals surface area contributed by atoms with Gasteiger partial charge in [-0.25, -0.2) is 9.82 Å². The number of aryl methyl sites for hydroxylation is 1. The number of nitrogens with one attached hydrogen (secondary N) is 1. The maximum Gasteiger partial charge on any atom is 0.275 e. The molecule has 0 fully saturated rings. The number of carbonyl (C=O) groups excluding carboxylic acids is 1. The SMILES string of the molecule is COc1cc2ccccc2cc1C(=O)N/N=C\c1cc(C)n(-c2ccc(F)c(Cl)c2)c1C. The van der Waals surface area contributed by atoms with Crippen molar-refractivity contribution in [3.8, 4) is 11.4 Å². The normalized spacial score (nSPS) is 11.3. The fourth-order valence-electron chi connectivity index (χ4n) is 3.73. The number of halogens is 2. The van der Waals surface area contributed by atoms with Gasteiger partial charge in [0.15, 0.2) is 0 Å². The van der Waals surface area contributed by atoms with Gasteiger partial charge in [-0.2, -0.15) is 5.10 Å². The van der Waals surface area contributed by atoms with E-state index in [4.69, 9.17) is 16.3 Å². The number of amides is 1. The van der Waals surface area contributed by atoms with Gasteiger partial charge in [0.25, 0.3) is 5.91 Å². The van der Waals surface area contributed by atoms with E-state index >= 15 is 0 Å². The molecule has 1 aromatic heterocycles. The van der Waals surface area contributed by atoms with E-state index in [0.717, 1.165) is 33.4 Å². The Morgan fingerprint density at radius 2 is 1.81 bits per heavy atom. The lowest BCUT2D eigenvalue weighted by molar-refractivity contribution is 0.0952. The Morgan fingerprint density at radius 3 is 2.50 bits per heavy atom. The molecule has 0 aliphatic heterocycles. The highest BCUT2D eigenvalue weighted by Gasteiger charge is 2.14. The molecule has 0 unspecified atom stereocenters. The maximum absolute atomic E-state index is 13.5. The molecule has 162 valence electrons. The molecule has 0 atom stereocenters. The first kappa shape index (κ1) is 21.6. The highest BCUT2D eigenvalue weighted by atomic mass is 35.5. The van der Waals surface area contributed by atoms with Crippen LogP contribution in [-0.2, 0) is 0 Å². The third kappa shape index (κ3) is 4.09. The van der Waals surface area contributed by atoms with Crippen molar-refractivity contribution in [3.05, 3.63) is 94.0 Å². The fourth-order valence-corrected chi connectivity index (χ4v) is 3.90. The maximum atomic E-state index is 13.5. The molecule has 0 spiro atoms. The van der Waals surface area contributed by atoms with E-state index in [0.29, 0.717) is 11.3 Å². The Balaban J connectivity index is 1.58. The van der Waals surface area contributed by atoms with Crippen molar-refractivity contribution >= 4 is 34.5 Å². The Bertz CT molecular complexity index is 1360. The largest absolute Gasteiger partial charge is 0.496 e. The van der Waals surface area contributed by atoms with Gasteiger partial charge in [0, 0.05) is 22.6 Å². The lowest BCUT2D eigenvalue weighted by Crippen LogP contribution is -2.18. The first-order valence-corrected chi connectivity index (χ1v) is 10.3. The Morgan fingerprint density at radius 1 is 1.09 bits per heavy atom. The van der Waals surface area contributed by atoms with Crippen LogP contribution in [0.25, 0.3) is 16.5 Å².